The molecule has 0 spiro atoms. The molecule has 0 aromatic rings. The van der Waals surface area contributed by atoms with Crippen LogP contribution in [0.2, 0.25) is 0 Å². The Morgan fingerprint density at radius 1 is 0.437 bits per heavy atom. The molecule has 0 radical (unpaired) electrons. The lowest BCUT2D eigenvalue weighted by molar-refractivity contribution is -0.870. The highest BCUT2D eigenvalue weighted by atomic mass is 31.2. The molecule has 0 fully saturated rings. The number of hydrogen-bond donors (Lipinski definition) is 0. The zero-order chi connectivity index (χ0) is 52.0. The third-order valence-corrected chi connectivity index (χ3v) is 14.7. The van der Waals surface area contributed by atoms with Crippen LogP contribution in [-0.4, -0.2) is 70.0 Å². The number of quaternary nitrogens is 1. The van der Waals surface area contributed by atoms with E-state index in [2.05, 4.69) is 38.2 Å². The van der Waals surface area contributed by atoms with Crippen molar-refractivity contribution in [1.29, 1.82) is 0 Å². The van der Waals surface area contributed by atoms with E-state index in [4.69, 9.17) is 18.5 Å². The van der Waals surface area contributed by atoms with E-state index in [0.717, 1.165) is 51.4 Å². The molecule has 2 unspecified atom stereocenters. The van der Waals surface area contributed by atoms with Gasteiger partial charge in [-0.3, -0.25) is 14.2 Å². The number of ether oxygens (including phenoxy) is 2. The number of carbonyl (C=O) groups excluding carboxylic acids is 2. The van der Waals surface area contributed by atoms with Gasteiger partial charge in [-0.15, -0.1) is 0 Å². The van der Waals surface area contributed by atoms with Gasteiger partial charge in [0.15, 0.2) is 6.10 Å². The quantitative estimate of drug-likeness (QED) is 0.0195. The van der Waals surface area contributed by atoms with Crippen molar-refractivity contribution < 1.29 is 42.1 Å². The van der Waals surface area contributed by atoms with Gasteiger partial charge in [0.1, 0.15) is 19.8 Å². The van der Waals surface area contributed by atoms with Crippen molar-refractivity contribution >= 4 is 19.8 Å². The van der Waals surface area contributed by atoms with E-state index in [1.165, 1.54) is 218 Å². The number of nitrogens with zero attached hydrogens (tertiary/aromatic N) is 1. The van der Waals surface area contributed by atoms with E-state index in [-0.39, 0.29) is 32.0 Å². The number of unbranched alkanes of at least 4 members (excludes halogenated alkanes) is 39. The van der Waals surface area contributed by atoms with Crippen molar-refractivity contribution in [3.8, 4) is 0 Å². The van der Waals surface area contributed by atoms with Gasteiger partial charge in [-0.2, -0.15) is 0 Å². The lowest BCUT2D eigenvalue weighted by Gasteiger charge is -2.28. The topological polar surface area (TPSA) is 111 Å². The second-order valence-corrected chi connectivity index (χ2v) is 23.5. The highest BCUT2D eigenvalue weighted by Gasteiger charge is 2.22. The molecule has 0 amide bonds. The summed E-state index contributed by atoms with van der Waals surface area (Å²) < 4.78 is 34.2. The monoisotopic (exact) mass is 1020 g/mol. The number of phosphoric ester groups is 1. The molecule has 0 saturated carbocycles. The Balaban J connectivity index is 4.04. The Kier molecular flexibility index (Phi) is 52.2. The molecule has 0 saturated heterocycles. The molecule has 10 heteroatoms. The first-order valence-corrected chi connectivity index (χ1v) is 32.0. The van der Waals surface area contributed by atoms with Crippen LogP contribution in [0.5, 0.6) is 0 Å². The molecule has 0 aromatic carbocycles. The average molecular weight is 1020 g/mol. The van der Waals surface area contributed by atoms with Crippen molar-refractivity contribution in [3.63, 3.8) is 0 Å². The van der Waals surface area contributed by atoms with E-state index in [1.807, 2.05) is 21.1 Å². The van der Waals surface area contributed by atoms with Gasteiger partial charge in [-0.05, 0) is 44.9 Å². The molecule has 0 heterocycles. The van der Waals surface area contributed by atoms with E-state index in [1.54, 1.807) is 0 Å². The summed E-state index contributed by atoms with van der Waals surface area (Å²) in [6.07, 6.45) is 63.8. The van der Waals surface area contributed by atoms with Gasteiger partial charge in [0.05, 0.1) is 27.7 Å². The highest BCUT2D eigenvalue weighted by Crippen LogP contribution is 2.38. The Morgan fingerprint density at radius 3 is 1.13 bits per heavy atom. The molecule has 0 aliphatic carbocycles. The SMILES string of the molecule is CCCCCC/C=C\C/C=C\CCCCCCCCCC(=O)OC(COC(=O)CCCCCCCCCCCCCCCCCCCCCCCCCCCCCCC)COP(=O)([O-])OCC[N+](C)(C)C. The van der Waals surface area contributed by atoms with Gasteiger partial charge >= 0.3 is 11.9 Å². The zero-order valence-electron chi connectivity index (χ0n) is 47.7. The predicted octanol–water partition coefficient (Wildman–Crippen LogP) is 18.4. The first-order valence-electron chi connectivity index (χ1n) is 30.5. The van der Waals surface area contributed by atoms with E-state index < -0.39 is 26.5 Å². The number of carbonyl (C=O) groups is 2. The van der Waals surface area contributed by atoms with Crippen LogP contribution in [0.3, 0.4) is 0 Å². The lowest BCUT2D eigenvalue weighted by atomic mass is 10.0. The van der Waals surface area contributed by atoms with Crippen LogP contribution in [-0.2, 0) is 32.7 Å². The predicted molar refractivity (Wildman–Crippen MR) is 301 cm³/mol. The van der Waals surface area contributed by atoms with Gasteiger partial charge in [0.2, 0.25) is 0 Å². The maximum Gasteiger partial charge on any atom is 0.306 e. The highest BCUT2D eigenvalue weighted by molar-refractivity contribution is 7.45. The smallest absolute Gasteiger partial charge is 0.306 e. The maximum atomic E-state index is 12.8. The summed E-state index contributed by atoms with van der Waals surface area (Å²) in [5.41, 5.74) is 0. The third kappa shape index (κ3) is 57.6. The number of likely N-dealkylation sites (N-methyl/N-ethyl adjacent to an activating group) is 1. The summed E-state index contributed by atoms with van der Waals surface area (Å²) in [6.45, 7) is 4.27. The first-order chi connectivity index (χ1) is 34.5. The minimum Gasteiger partial charge on any atom is -0.756 e. The molecule has 0 rings (SSSR count). The standard InChI is InChI=1S/C61H118NO8P/c1-6-8-10-12-14-16-18-20-22-24-26-27-28-29-30-31-32-33-34-35-36-38-39-41-43-45-47-49-51-53-60(63)67-57-59(58-69-71(65,66)68-56-55-62(3,4)5)70-61(64)54-52-50-48-46-44-42-40-37-25-23-21-19-17-15-13-11-9-7-2/h17,19,23,25,59H,6-16,18,20-22,24,26-58H2,1-5H3/b19-17-,25-23-. The number of rotatable bonds is 57. The summed E-state index contributed by atoms with van der Waals surface area (Å²) in [6, 6.07) is 0. The molecule has 0 aliphatic rings. The number of esters is 2. The van der Waals surface area contributed by atoms with Crippen molar-refractivity contribution in [2.24, 2.45) is 0 Å². The van der Waals surface area contributed by atoms with Gasteiger partial charge in [0, 0.05) is 12.8 Å². The fourth-order valence-electron chi connectivity index (χ4n) is 8.98. The second kappa shape index (κ2) is 53.3. The fraction of sp³-hybridized carbons (Fsp3) is 0.902. The van der Waals surface area contributed by atoms with Crippen LogP contribution in [0.1, 0.15) is 303 Å². The summed E-state index contributed by atoms with van der Waals surface area (Å²) >= 11 is 0. The second-order valence-electron chi connectivity index (χ2n) is 22.1. The molecule has 0 aromatic heterocycles. The molecule has 0 aliphatic heterocycles. The van der Waals surface area contributed by atoms with Crippen LogP contribution in [0.15, 0.2) is 24.3 Å². The Bertz CT molecular complexity index is 1250. The average Bonchev–Trinajstić information content (AvgIpc) is 3.33. The Hall–Kier alpha value is -1.51. The molecule has 71 heavy (non-hydrogen) atoms. The van der Waals surface area contributed by atoms with Gasteiger partial charge < -0.3 is 27.9 Å². The summed E-state index contributed by atoms with van der Waals surface area (Å²) in [5.74, 6) is -0.826. The zero-order valence-corrected chi connectivity index (χ0v) is 48.6. The number of phosphoric acid groups is 1. The van der Waals surface area contributed by atoms with E-state index in [0.29, 0.717) is 17.4 Å². The molecule has 2 atom stereocenters. The summed E-state index contributed by atoms with van der Waals surface area (Å²) in [7, 11) is 1.17. The van der Waals surface area contributed by atoms with Crippen molar-refractivity contribution in [3.05, 3.63) is 24.3 Å². The summed E-state index contributed by atoms with van der Waals surface area (Å²) in [5, 5.41) is 0. The minimum atomic E-state index is -4.63. The van der Waals surface area contributed by atoms with Crippen LogP contribution in [0, 0.1) is 0 Å². The van der Waals surface area contributed by atoms with Gasteiger partial charge in [0.25, 0.3) is 7.82 Å². The molecule has 420 valence electrons. The molecular weight excluding hydrogens is 906 g/mol. The maximum absolute atomic E-state index is 12.8. The Morgan fingerprint density at radius 2 is 0.761 bits per heavy atom. The fourth-order valence-corrected chi connectivity index (χ4v) is 9.71. The third-order valence-electron chi connectivity index (χ3n) is 13.7. The molecule has 0 N–H and O–H groups in total. The van der Waals surface area contributed by atoms with E-state index >= 15 is 0 Å². The normalized spacial score (nSPS) is 13.4. The van der Waals surface area contributed by atoms with Crippen LogP contribution in [0.4, 0.5) is 0 Å². The Labute approximate surface area is 440 Å². The van der Waals surface area contributed by atoms with Crippen molar-refractivity contribution in [1.82, 2.24) is 0 Å². The largest absolute Gasteiger partial charge is 0.756 e. The van der Waals surface area contributed by atoms with E-state index in [9.17, 15) is 19.0 Å². The van der Waals surface area contributed by atoms with Crippen LogP contribution >= 0.6 is 7.82 Å². The summed E-state index contributed by atoms with van der Waals surface area (Å²) in [4.78, 5) is 37.9. The van der Waals surface area contributed by atoms with Gasteiger partial charge in [-0.25, -0.2) is 0 Å². The van der Waals surface area contributed by atoms with Crippen molar-refractivity contribution in [2.45, 2.75) is 309 Å². The van der Waals surface area contributed by atoms with Crippen molar-refractivity contribution in [2.75, 3.05) is 47.5 Å². The number of allylic oxidation sites excluding steroid dienone is 4. The molecule has 0 bridgehead atoms. The molecular formula is C61H118NO8P. The van der Waals surface area contributed by atoms with Crippen LogP contribution < -0.4 is 4.89 Å². The minimum absolute atomic E-state index is 0.0301. The van der Waals surface area contributed by atoms with Crippen LogP contribution in [0.25, 0.3) is 0 Å². The first kappa shape index (κ1) is 69.5. The lowest BCUT2D eigenvalue weighted by Crippen LogP contribution is -2.37. The van der Waals surface area contributed by atoms with Gasteiger partial charge in [-0.1, -0.05) is 269 Å². The molecule has 9 nitrogen and oxygen atoms in total. The number of hydrogen-bond acceptors (Lipinski definition) is 8.